The van der Waals surface area contributed by atoms with Gasteiger partial charge in [0.05, 0.1) is 0 Å². The first kappa shape index (κ1) is 11.6. The number of terminal acetylenes is 1. The van der Waals surface area contributed by atoms with Crippen LogP contribution in [0.4, 0.5) is 0 Å². The van der Waals surface area contributed by atoms with E-state index in [1.165, 1.54) is 44.9 Å². The molecule has 0 aromatic carbocycles. The van der Waals surface area contributed by atoms with Crippen molar-refractivity contribution in [1.82, 2.24) is 0 Å². The highest BCUT2D eigenvalue weighted by Gasteiger charge is 2.02. The molecule has 0 aliphatic heterocycles. The van der Waals surface area contributed by atoms with Crippen LogP contribution >= 0.6 is 0 Å². The molecule has 0 saturated heterocycles. The van der Waals surface area contributed by atoms with Crippen LogP contribution in [0.15, 0.2) is 0 Å². The van der Waals surface area contributed by atoms with Crippen molar-refractivity contribution in [3.63, 3.8) is 0 Å². The number of hydrogen-bond donors (Lipinski definition) is 0. The summed E-state index contributed by atoms with van der Waals surface area (Å²) in [5.74, 6) is 3.45. The zero-order chi connectivity index (χ0) is 9.23. The van der Waals surface area contributed by atoms with Crippen molar-refractivity contribution >= 4 is 0 Å². The van der Waals surface area contributed by atoms with E-state index in [0.29, 0.717) is 5.92 Å². The first-order valence-electron chi connectivity index (χ1n) is 5.31. The van der Waals surface area contributed by atoms with Crippen LogP contribution < -0.4 is 0 Å². The van der Waals surface area contributed by atoms with Gasteiger partial charge in [0.15, 0.2) is 0 Å². The highest BCUT2D eigenvalue weighted by Crippen LogP contribution is 2.15. The maximum atomic E-state index is 5.45. The minimum atomic E-state index is 0.552. The van der Waals surface area contributed by atoms with Gasteiger partial charge in [0.2, 0.25) is 0 Å². The molecule has 0 aliphatic rings. The molecule has 0 rings (SSSR count). The summed E-state index contributed by atoms with van der Waals surface area (Å²) in [5.41, 5.74) is 0. The Bertz CT molecular complexity index is 118. The summed E-state index contributed by atoms with van der Waals surface area (Å²) in [6, 6.07) is 0. The van der Waals surface area contributed by atoms with Crippen molar-refractivity contribution < 1.29 is 0 Å². The van der Waals surface area contributed by atoms with E-state index >= 15 is 0 Å². The number of hydrogen-bond acceptors (Lipinski definition) is 0. The molecule has 70 valence electrons. The maximum absolute atomic E-state index is 5.45. The Balaban J connectivity index is 3.35. The molecular formula is C12H22. The summed E-state index contributed by atoms with van der Waals surface area (Å²) >= 11 is 0. The summed E-state index contributed by atoms with van der Waals surface area (Å²) in [7, 11) is 0. The van der Waals surface area contributed by atoms with Crippen molar-refractivity contribution in [2.45, 2.75) is 58.8 Å². The molecule has 1 atom stereocenters. The van der Waals surface area contributed by atoms with E-state index in [0.717, 1.165) is 0 Å². The fourth-order valence-electron chi connectivity index (χ4n) is 1.40. The van der Waals surface area contributed by atoms with E-state index < -0.39 is 0 Å². The number of unbranched alkanes of at least 4 members (excludes halogenated alkanes) is 3. The first-order valence-corrected chi connectivity index (χ1v) is 5.31. The van der Waals surface area contributed by atoms with E-state index in [1.807, 2.05) is 0 Å². The lowest BCUT2D eigenvalue weighted by atomic mass is 9.96. The third-order valence-electron chi connectivity index (χ3n) is 2.30. The Kier molecular flexibility index (Phi) is 8.34. The van der Waals surface area contributed by atoms with Gasteiger partial charge in [-0.05, 0) is 12.8 Å². The Labute approximate surface area is 77.8 Å². The van der Waals surface area contributed by atoms with Gasteiger partial charge < -0.3 is 0 Å². The Morgan fingerprint density at radius 3 is 2.08 bits per heavy atom. The Morgan fingerprint density at radius 1 is 1.00 bits per heavy atom. The first-order chi connectivity index (χ1) is 5.85. The van der Waals surface area contributed by atoms with Crippen LogP contribution in [0.1, 0.15) is 58.8 Å². The van der Waals surface area contributed by atoms with Gasteiger partial charge in [0.25, 0.3) is 0 Å². The SMILES string of the molecule is C#CC(CCCC)CCCCC. The third kappa shape index (κ3) is 6.28. The average Bonchev–Trinajstić information content (AvgIpc) is 2.11. The van der Waals surface area contributed by atoms with Gasteiger partial charge in [-0.25, -0.2) is 0 Å². The lowest BCUT2D eigenvalue weighted by Gasteiger charge is -2.08. The van der Waals surface area contributed by atoms with Crippen LogP contribution in [0.2, 0.25) is 0 Å². The van der Waals surface area contributed by atoms with Gasteiger partial charge in [-0.2, -0.15) is 0 Å². The van der Waals surface area contributed by atoms with E-state index in [9.17, 15) is 0 Å². The second-order valence-corrected chi connectivity index (χ2v) is 3.50. The fraction of sp³-hybridized carbons (Fsp3) is 0.833. The molecule has 0 aromatic rings. The summed E-state index contributed by atoms with van der Waals surface area (Å²) < 4.78 is 0. The van der Waals surface area contributed by atoms with Crippen LogP contribution in [0.25, 0.3) is 0 Å². The van der Waals surface area contributed by atoms with Crippen molar-refractivity contribution in [3.8, 4) is 12.3 Å². The molecule has 12 heavy (non-hydrogen) atoms. The predicted octanol–water partition coefficient (Wildman–Crippen LogP) is 4.01. The average molecular weight is 166 g/mol. The summed E-state index contributed by atoms with van der Waals surface area (Å²) in [4.78, 5) is 0. The molecule has 1 unspecified atom stereocenters. The zero-order valence-corrected chi connectivity index (χ0v) is 8.60. The van der Waals surface area contributed by atoms with Crippen molar-refractivity contribution in [3.05, 3.63) is 0 Å². The zero-order valence-electron chi connectivity index (χ0n) is 8.60. The fourth-order valence-corrected chi connectivity index (χ4v) is 1.40. The Morgan fingerprint density at radius 2 is 1.58 bits per heavy atom. The molecule has 0 saturated carbocycles. The molecule has 0 nitrogen and oxygen atoms in total. The van der Waals surface area contributed by atoms with Crippen molar-refractivity contribution in [2.24, 2.45) is 5.92 Å². The van der Waals surface area contributed by atoms with Crippen LogP contribution in [0, 0.1) is 18.3 Å². The standard InChI is InChI=1S/C12H22/c1-4-7-9-11-12(6-3)10-8-5-2/h3,12H,4-5,7-11H2,1-2H3. The summed E-state index contributed by atoms with van der Waals surface area (Å²) in [6.45, 7) is 4.45. The van der Waals surface area contributed by atoms with Crippen LogP contribution in [0.3, 0.4) is 0 Å². The lowest BCUT2D eigenvalue weighted by molar-refractivity contribution is 0.502. The molecule has 0 bridgehead atoms. The normalized spacial score (nSPS) is 12.4. The molecule has 0 aliphatic carbocycles. The minimum absolute atomic E-state index is 0.552. The molecule has 0 heterocycles. The Hall–Kier alpha value is -0.440. The van der Waals surface area contributed by atoms with Gasteiger partial charge in [-0.15, -0.1) is 12.3 Å². The maximum Gasteiger partial charge on any atom is 0.0200 e. The summed E-state index contributed by atoms with van der Waals surface area (Å²) in [6.07, 6.45) is 14.4. The summed E-state index contributed by atoms with van der Waals surface area (Å²) in [5, 5.41) is 0. The quantitative estimate of drug-likeness (QED) is 0.396. The van der Waals surface area contributed by atoms with E-state index in [4.69, 9.17) is 6.42 Å². The highest BCUT2D eigenvalue weighted by atomic mass is 14.1. The van der Waals surface area contributed by atoms with Gasteiger partial charge in [-0.1, -0.05) is 46.0 Å². The molecule has 0 fully saturated rings. The predicted molar refractivity (Wildman–Crippen MR) is 56.0 cm³/mol. The smallest absolute Gasteiger partial charge is 0.0200 e. The van der Waals surface area contributed by atoms with Gasteiger partial charge in [0.1, 0.15) is 0 Å². The number of rotatable bonds is 7. The second-order valence-electron chi connectivity index (χ2n) is 3.50. The van der Waals surface area contributed by atoms with Crippen LogP contribution in [-0.2, 0) is 0 Å². The molecule has 0 amide bonds. The highest BCUT2D eigenvalue weighted by molar-refractivity contribution is 4.92. The second kappa shape index (κ2) is 8.65. The largest absolute Gasteiger partial charge is 0.120 e. The van der Waals surface area contributed by atoms with E-state index in [-0.39, 0.29) is 0 Å². The van der Waals surface area contributed by atoms with E-state index in [1.54, 1.807) is 0 Å². The third-order valence-corrected chi connectivity index (χ3v) is 2.30. The minimum Gasteiger partial charge on any atom is -0.120 e. The molecule has 0 aromatic heterocycles. The van der Waals surface area contributed by atoms with Crippen molar-refractivity contribution in [2.75, 3.05) is 0 Å². The lowest BCUT2D eigenvalue weighted by Crippen LogP contribution is -1.96. The van der Waals surface area contributed by atoms with Crippen LogP contribution in [0.5, 0.6) is 0 Å². The molecule has 0 N–H and O–H groups in total. The van der Waals surface area contributed by atoms with E-state index in [2.05, 4.69) is 19.8 Å². The van der Waals surface area contributed by atoms with Gasteiger partial charge >= 0.3 is 0 Å². The van der Waals surface area contributed by atoms with Gasteiger partial charge in [0, 0.05) is 5.92 Å². The monoisotopic (exact) mass is 166 g/mol. The topological polar surface area (TPSA) is 0 Å². The molecule has 0 radical (unpaired) electrons. The molecular weight excluding hydrogens is 144 g/mol. The van der Waals surface area contributed by atoms with Crippen molar-refractivity contribution in [1.29, 1.82) is 0 Å². The molecule has 0 heteroatoms. The van der Waals surface area contributed by atoms with Crippen LogP contribution in [-0.4, -0.2) is 0 Å². The van der Waals surface area contributed by atoms with Gasteiger partial charge in [-0.3, -0.25) is 0 Å². The molecule has 0 spiro atoms.